The Hall–Kier alpha value is -1.63. The van der Waals surface area contributed by atoms with E-state index in [4.69, 9.17) is 11.0 Å². The summed E-state index contributed by atoms with van der Waals surface area (Å²) in [6, 6.07) is 1.81. The summed E-state index contributed by atoms with van der Waals surface area (Å²) in [5.41, 5.74) is 4.21. The van der Waals surface area contributed by atoms with Gasteiger partial charge >= 0.3 is 0 Å². The average molecular weight is 195 g/mol. The fraction of sp³-hybridized carbons (Fsp3) is 0.400. The first kappa shape index (κ1) is 12.4. The normalized spacial score (nSPS) is 13.6. The molecule has 0 heterocycles. The fourth-order valence-electron chi connectivity index (χ4n) is 0.639. The summed E-state index contributed by atoms with van der Waals surface area (Å²) in [6.45, 7) is 7.64. The Morgan fingerprint density at radius 3 is 2.43 bits per heavy atom. The Labute approximate surface area is 83.4 Å². The van der Waals surface area contributed by atoms with Crippen molar-refractivity contribution in [1.82, 2.24) is 0 Å². The molecule has 0 rings (SSSR count). The van der Waals surface area contributed by atoms with E-state index in [1.165, 1.54) is 27.0 Å². The second kappa shape index (κ2) is 4.56. The first-order valence-electron chi connectivity index (χ1n) is 4.08. The van der Waals surface area contributed by atoms with Crippen molar-refractivity contribution in [2.75, 3.05) is 0 Å². The van der Waals surface area contributed by atoms with E-state index in [9.17, 15) is 4.39 Å². The molecule has 0 fully saturated rings. The minimum atomic E-state index is -1.56. The van der Waals surface area contributed by atoms with E-state index in [1.807, 2.05) is 6.07 Å². The van der Waals surface area contributed by atoms with Gasteiger partial charge in [-0.3, -0.25) is 0 Å². The number of nitrogens with two attached hydrogens (primary N) is 1. The van der Waals surface area contributed by atoms with E-state index in [2.05, 4.69) is 11.6 Å². The minimum Gasteiger partial charge on any atom is -0.398 e. The zero-order chi connectivity index (χ0) is 11.4. The van der Waals surface area contributed by atoms with E-state index in [1.54, 1.807) is 0 Å². The predicted molar refractivity (Wildman–Crippen MR) is 55.3 cm³/mol. The maximum atomic E-state index is 13.4. The van der Waals surface area contributed by atoms with Gasteiger partial charge in [0.1, 0.15) is 17.4 Å². The molecule has 0 aliphatic carbocycles. The number of rotatable bonds is 3. The summed E-state index contributed by atoms with van der Waals surface area (Å²) in [7, 11) is 0. The van der Waals surface area contributed by atoms with E-state index in [0.29, 0.717) is 0 Å². The third-order valence-corrected chi connectivity index (χ3v) is 1.71. The Bertz CT molecular complexity index is 326. The molecule has 0 aliphatic heterocycles. The molecule has 0 aromatic heterocycles. The van der Waals surface area contributed by atoms with Gasteiger partial charge in [0.2, 0.25) is 0 Å². The van der Waals surface area contributed by atoms with Gasteiger partial charge in [-0.25, -0.2) is 9.38 Å². The zero-order valence-electron chi connectivity index (χ0n) is 8.63. The lowest BCUT2D eigenvalue weighted by atomic mass is 10.0. The van der Waals surface area contributed by atoms with Crippen LogP contribution in [0.25, 0.3) is 0 Å². The second-order valence-electron chi connectivity index (χ2n) is 3.39. The summed E-state index contributed by atoms with van der Waals surface area (Å²) in [6.07, 6.45) is 1.23. The van der Waals surface area contributed by atoms with Crippen molar-refractivity contribution in [1.29, 1.82) is 5.26 Å². The number of aliphatic imine (C=N–C) groups is 1. The van der Waals surface area contributed by atoms with Gasteiger partial charge in [-0.2, -0.15) is 5.26 Å². The van der Waals surface area contributed by atoms with Gasteiger partial charge in [0.25, 0.3) is 0 Å². The molecule has 0 unspecified atom stereocenters. The number of nitriles is 1. The Morgan fingerprint density at radius 2 is 2.14 bits per heavy atom. The summed E-state index contributed by atoms with van der Waals surface area (Å²) in [5, 5.41) is 8.71. The maximum Gasteiger partial charge on any atom is 0.142 e. The smallest absolute Gasteiger partial charge is 0.142 e. The molecule has 4 heteroatoms. The van der Waals surface area contributed by atoms with Crippen LogP contribution in [0.2, 0.25) is 0 Å². The molecule has 0 atom stereocenters. The van der Waals surface area contributed by atoms with Crippen LogP contribution < -0.4 is 5.73 Å². The van der Waals surface area contributed by atoms with Crippen LogP contribution in [0.5, 0.6) is 0 Å². The molecule has 0 amide bonds. The van der Waals surface area contributed by atoms with Crippen molar-refractivity contribution >= 4 is 6.21 Å². The second-order valence-corrected chi connectivity index (χ2v) is 3.39. The Balaban J connectivity index is 5.09. The monoisotopic (exact) mass is 195 g/mol. The first-order valence-corrected chi connectivity index (χ1v) is 4.08. The van der Waals surface area contributed by atoms with Crippen molar-refractivity contribution in [3.63, 3.8) is 0 Å². The van der Waals surface area contributed by atoms with Gasteiger partial charge in [-0.15, -0.1) is 0 Å². The summed E-state index contributed by atoms with van der Waals surface area (Å²) < 4.78 is 13.4. The van der Waals surface area contributed by atoms with Gasteiger partial charge in [0.15, 0.2) is 0 Å². The van der Waals surface area contributed by atoms with Gasteiger partial charge in [0, 0.05) is 5.70 Å². The van der Waals surface area contributed by atoms with Crippen LogP contribution in [0.15, 0.2) is 28.5 Å². The molecule has 0 aliphatic rings. The molecule has 0 bridgehead atoms. The predicted octanol–water partition coefficient (Wildman–Crippen LogP) is 2.08. The van der Waals surface area contributed by atoms with E-state index in [-0.39, 0.29) is 17.0 Å². The number of halogens is 1. The molecule has 76 valence electrons. The minimum absolute atomic E-state index is 0.0316. The molecule has 0 aromatic carbocycles. The highest BCUT2D eigenvalue weighted by molar-refractivity contribution is 5.77. The fourth-order valence-corrected chi connectivity index (χ4v) is 0.639. The van der Waals surface area contributed by atoms with Crippen LogP contribution in [0.3, 0.4) is 0 Å². The molecule has 0 saturated heterocycles. The topological polar surface area (TPSA) is 62.2 Å². The average Bonchev–Trinajstić information content (AvgIpc) is 2.03. The van der Waals surface area contributed by atoms with Crippen LogP contribution in [-0.2, 0) is 0 Å². The molecular weight excluding hydrogens is 181 g/mol. The van der Waals surface area contributed by atoms with Crippen LogP contribution in [-0.4, -0.2) is 11.9 Å². The van der Waals surface area contributed by atoms with Gasteiger partial charge < -0.3 is 5.73 Å². The van der Waals surface area contributed by atoms with E-state index >= 15 is 0 Å². The maximum absolute atomic E-state index is 13.4. The molecule has 0 aromatic rings. The van der Waals surface area contributed by atoms with Crippen LogP contribution in [0.1, 0.15) is 20.8 Å². The lowest BCUT2D eigenvalue weighted by Gasteiger charge is -2.14. The molecule has 3 nitrogen and oxygen atoms in total. The van der Waals surface area contributed by atoms with E-state index in [0.717, 1.165) is 0 Å². The number of nitrogens with zero attached hydrogens (tertiary/aromatic N) is 2. The highest BCUT2D eigenvalue weighted by Gasteiger charge is 2.21. The highest BCUT2D eigenvalue weighted by Crippen LogP contribution is 2.23. The standard InChI is InChI=1S/C10H14FN3/c1-7(13)6-14-9(5-12)8(2)10(3,4)11/h6H,1,13H2,2-4H3/b9-8+,14-6?. The van der Waals surface area contributed by atoms with Crippen molar-refractivity contribution in [3.8, 4) is 6.07 Å². The summed E-state index contributed by atoms with van der Waals surface area (Å²) in [5.74, 6) is 0. The highest BCUT2D eigenvalue weighted by atomic mass is 19.1. The Kier molecular flexibility index (Phi) is 4.03. The van der Waals surface area contributed by atoms with Crippen LogP contribution >= 0.6 is 0 Å². The van der Waals surface area contributed by atoms with Crippen molar-refractivity contribution in [2.24, 2.45) is 10.7 Å². The molecule has 14 heavy (non-hydrogen) atoms. The largest absolute Gasteiger partial charge is 0.398 e. The van der Waals surface area contributed by atoms with Crippen LogP contribution in [0, 0.1) is 11.3 Å². The summed E-state index contributed by atoms with van der Waals surface area (Å²) in [4.78, 5) is 3.74. The van der Waals surface area contributed by atoms with Gasteiger partial charge in [-0.1, -0.05) is 6.58 Å². The number of hydrogen-bond donors (Lipinski definition) is 1. The third-order valence-electron chi connectivity index (χ3n) is 1.71. The zero-order valence-corrected chi connectivity index (χ0v) is 8.63. The molecular formula is C10H14FN3. The Morgan fingerprint density at radius 1 is 1.64 bits per heavy atom. The molecule has 2 N–H and O–H groups in total. The van der Waals surface area contributed by atoms with Gasteiger partial charge in [-0.05, 0) is 26.3 Å². The quantitative estimate of drug-likeness (QED) is 0.553. The SMILES string of the molecule is C=C(N)C=N/C(C#N)=C(\C)C(C)(C)F. The van der Waals surface area contributed by atoms with Crippen LogP contribution in [0.4, 0.5) is 4.39 Å². The molecule has 0 radical (unpaired) electrons. The number of allylic oxidation sites excluding steroid dienone is 3. The van der Waals surface area contributed by atoms with E-state index < -0.39 is 5.67 Å². The lowest BCUT2D eigenvalue weighted by molar-refractivity contribution is 0.267. The van der Waals surface area contributed by atoms with Crippen molar-refractivity contribution in [2.45, 2.75) is 26.4 Å². The van der Waals surface area contributed by atoms with Crippen molar-refractivity contribution < 1.29 is 4.39 Å². The lowest BCUT2D eigenvalue weighted by Crippen LogP contribution is -2.15. The summed E-state index contributed by atoms with van der Waals surface area (Å²) >= 11 is 0. The molecule has 0 saturated carbocycles. The first-order chi connectivity index (χ1) is 6.29. The number of hydrogen-bond acceptors (Lipinski definition) is 3. The number of alkyl halides is 1. The van der Waals surface area contributed by atoms with Crippen molar-refractivity contribution in [3.05, 3.63) is 23.5 Å². The van der Waals surface area contributed by atoms with Gasteiger partial charge in [0.05, 0.1) is 6.21 Å². The third kappa shape index (κ3) is 3.85. The molecule has 0 spiro atoms.